The van der Waals surface area contributed by atoms with Gasteiger partial charge in [-0.05, 0) is 54.8 Å². The van der Waals surface area contributed by atoms with E-state index in [1.165, 1.54) is 4.90 Å². The van der Waals surface area contributed by atoms with Crippen LogP contribution in [0.15, 0.2) is 65.2 Å². The van der Waals surface area contributed by atoms with Gasteiger partial charge in [0.15, 0.2) is 0 Å². The lowest BCUT2D eigenvalue weighted by atomic mass is 10.0. The van der Waals surface area contributed by atoms with Gasteiger partial charge in [0, 0.05) is 12.7 Å². The molecule has 180 valence electrons. The van der Waals surface area contributed by atoms with E-state index in [0.717, 1.165) is 39.7 Å². The number of likely N-dealkylation sites (N-methyl/N-ethyl adjacent to an activating group) is 1. The molecule has 7 nitrogen and oxygen atoms in total. The maximum atomic E-state index is 13.5. The standard InChI is InChI=1S/C28H29N3O4/c1-5-20-10-8-9-13-25(20)29-27(32)16-31(4)28(33)23-14-21-11-6-7-12-22(21)15-26(23)34-17-24-18(2)30-35-19(24)3/h6-15H,5,16-17H2,1-4H3,(H,29,32). The van der Waals surface area contributed by atoms with E-state index in [1.54, 1.807) is 13.1 Å². The predicted octanol–water partition coefficient (Wildman–Crippen LogP) is 5.30. The maximum Gasteiger partial charge on any atom is 0.257 e. The van der Waals surface area contributed by atoms with E-state index in [9.17, 15) is 9.59 Å². The zero-order chi connectivity index (χ0) is 24.9. The number of nitrogens with zero attached hydrogens (tertiary/aromatic N) is 2. The lowest BCUT2D eigenvalue weighted by Crippen LogP contribution is -2.35. The Morgan fingerprint density at radius 2 is 1.71 bits per heavy atom. The number of para-hydroxylation sites is 1. The number of carbonyl (C=O) groups excluding carboxylic acids is 2. The highest BCUT2D eigenvalue weighted by atomic mass is 16.5. The van der Waals surface area contributed by atoms with Crippen LogP contribution >= 0.6 is 0 Å². The summed E-state index contributed by atoms with van der Waals surface area (Å²) in [5.74, 6) is 0.554. The second kappa shape index (κ2) is 10.4. The fraction of sp³-hybridized carbons (Fsp3) is 0.250. The number of ether oxygens (including phenoxy) is 1. The van der Waals surface area contributed by atoms with Crippen LogP contribution in [0.5, 0.6) is 5.75 Å². The molecule has 1 heterocycles. The molecule has 0 aliphatic heterocycles. The van der Waals surface area contributed by atoms with Gasteiger partial charge in [-0.2, -0.15) is 0 Å². The van der Waals surface area contributed by atoms with E-state index < -0.39 is 0 Å². The molecular formula is C28H29N3O4. The van der Waals surface area contributed by atoms with E-state index >= 15 is 0 Å². The molecule has 0 saturated carbocycles. The molecule has 0 atom stereocenters. The third-order valence-electron chi connectivity index (χ3n) is 6.03. The summed E-state index contributed by atoms with van der Waals surface area (Å²) in [6.07, 6.45) is 0.800. The average Bonchev–Trinajstić information content (AvgIpc) is 3.18. The molecule has 4 rings (SSSR count). The lowest BCUT2D eigenvalue weighted by Gasteiger charge is -2.20. The molecular weight excluding hydrogens is 442 g/mol. The number of anilines is 1. The zero-order valence-corrected chi connectivity index (χ0v) is 20.4. The van der Waals surface area contributed by atoms with Crippen molar-refractivity contribution in [3.05, 3.63) is 88.8 Å². The molecule has 0 aliphatic rings. The molecule has 4 aromatic rings. The number of aryl methyl sites for hydroxylation is 3. The summed E-state index contributed by atoms with van der Waals surface area (Å²) in [4.78, 5) is 27.6. The van der Waals surface area contributed by atoms with Gasteiger partial charge in [0.2, 0.25) is 5.91 Å². The molecule has 0 bridgehead atoms. The van der Waals surface area contributed by atoms with Crippen LogP contribution in [0.2, 0.25) is 0 Å². The SMILES string of the molecule is CCc1ccccc1NC(=O)CN(C)C(=O)c1cc2ccccc2cc1OCc1c(C)noc1C. The third kappa shape index (κ3) is 5.35. The van der Waals surface area contributed by atoms with Gasteiger partial charge in [-0.1, -0.05) is 54.5 Å². The van der Waals surface area contributed by atoms with Gasteiger partial charge in [0.1, 0.15) is 18.1 Å². The van der Waals surface area contributed by atoms with Crippen LogP contribution in [0, 0.1) is 13.8 Å². The summed E-state index contributed by atoms with van der Waals surface area (Å²) in [5.41, 5.74) is 3.78. The average molecular weight is 472 g/mol. The van der Waals surface area contributed by atoms with Crippen LogP contribution in [0.1, 0.15) is 39.9 Å². The van der Waals surface area contributed by atoms with Crippen molar-refractivity contribution in [2.24, 2.45) is 0 Å². The van der Waals surface area contributed by atoms with E-state index in [4.69, 9.17) is 9.26 Å². The molecule has 2 amide bonds. The van der Waals surface area contributed by atoms with Crippen LogP contribution in [-0.2, 0) is 17.8 Å². The monoisotopic (exact) mass is 471 g/mol. The summed E-state index contributed by atoms with van der Waals surface area (Å²) >= 11 is 0. The Bertz CT molecular complexity index is 1360. The van der Waals surface area contributed by atoms with Crippen molar-refractivity contribution in [2.75, 3.05) is 18.9 Å². The molecule has 0 radical (unpaired) electrons. The molecule has 35 heavy (non-hydrogen) atoms. The molecule has 1 aromatic heterocycles. The summed E-state index contributed by atoms with van der Waals surface area (Å²) in [5, 5.41) is 8.75. The van der Waals surface area contributed by atoms with Gasteiger partial charge in [0.05, 0.1) is 23.4 Å². The van der Waals surface area contributed by atoms with E-state index in [-0.39, 0.29) is 25.0 Å². The molecule has 3 aromatic carbocycles. The highest BCUT2D eigenvalue weighted by molar-refractivity contribution is 6.03. The number of benzene rings is 3. The summed E-state index contributed by atoms with van der Waals surface area (Å²) in [7, 11) is 1.61. The van der Waals surface area contributed by atoms with Gasteiger partial charge in [-0.3, -0.25) is 9.59 Å². The number of fused-ring (bicyclic) bond motifs is 1. The maximum absolute atomic E-state index is 13.5. The number of amides is 2. The first-order chi connectivity index (χ1) is 16.9. The molecule has 0 fully saturated rings. The van der Waals surface area contributed by atoms with Crippen LogP contribution in [-0.4, -0.2) is 35.5 Å². The van der Waals surface area contributed by atoms with Crippen LogP contribution < -0.4 is 10.1 Å². The van der Waals surface area contributed by atoms with E-state index in [1.807, 2.05) is 75.4 Å². The largest absolute Gasteiger partial charge is 0.488 e. The Morgan fingerprint density at radius 1 is 1.03 bits per heavy atom. The molecule has 7 heteroatoms. The summed E-state index contributed by atoms with van der Waals surface area (Å²) in [6, 6.07) is 19.1. The second-order valence-electron chi connectivity index (χ2n) is 8.51. The van der Waals surface area contributed by atoms with Gasteiger partial charge in [-0.25, -0.2) is 0 Å². The Hall–Kier alpha value is -4.13. The Balaban J connectivity index is 1.56. The lowest BCUT2D eigenvalue weighted by molar-refractivity contribution is -0.116. The minimum absolute atomic E-state index is 0.0903. The van der Waals surface area contributed by atoms with E-state index in [0.29, 0.717) is 17.1 Å². The zero-order valence-electron chi connectivity index (χ0n) is 20.4. The predicted molar refractivity (Wildman–Crippen MR) is 136 cm³/mol. The van der Waals surface area contributed by atoms with Gasteiger partial charge in [0.25, 0.3) is 5.91 Å². The van der Waals surface area contributed by atoms with Crippen molar-refractivity contribution >= 4 is 28.3 Å². The summed E-state index contributed by atoms with van der Waals surface area (Å²) < 4.78 is 11.3. The first kappa shape index (κ1) is 24.0. The topological polar surface area (TPSA) is 84.7 Å². The smallest absolute Gasteiger partial charge is 0.257 e. The fourth-order valence-electron chi connectivity index (χ4n) is 4.00. The minimum atomic E-state index is -0.302. The molecule has 0 aliphatic carbocycles. The molecule has 0 saturated heterocycles. The van der Waals surface area contributed by atoms with E-state index in [2.05, 4.69) is 10.5 Å². The Kier molecular flexibility index (Phi) is 7.15. The van der Waals surface area contributed by atoms with Crippen molar-refractivity contribution in [1.29, 1.82) is 0 Å². The number of hydrogen-bond donors (Lipinski definition) is 1. The molecule has 1 N–H and O–H groups in total. The third-order valence-corrected chi connectivity index (χ3v) is 6.03. The molecule has 0 spiro atoms. The first-order valence-corrected chi connectivity index (χ1v) is 11.6. The van der Waals surface area contributed by atoms with Crippen molar-refractivity contribution in [3.8, 4) is 5.75 Å². The number of hydrogen-bond acceptors (Lipinski definition) is 5. The Labute approximate surface area is 204 Å². The fourth-order valence-corrected chi connectivity index (χ4v) is 4.00. The van der Waals surface area contributed by atoms with Crippen molar-refractivity contribution in [3.63, 3.8) is 0 Å². The van der Waals surface area contributed by atoms with Gasteiger partial charge < -0.3 is 19.5 Å². The van der Waals surface area contributed by atoms with Crippen molar-refractivity contribution < 1.29 is 18.8 Å². The highest BCUT2D eigenvalue weighted by Gasteiger charge is 2.21. The van der Waals surface area contributed by atoms with Crippen LogP contribution in [0.3, 0.4) is 0 Å². The minimum Gasteiger partial charge on any atom is -0.488 e. The number of carbonyl (C=O) groups is 2. The quantitative estimate of drug-likeness (QED) is 0.377. The number of rotatable bonds is 8. The Morgan fingerprint density at radius 3 is 2.40 bits per heavy atom. The van der Waals surface area contributed by atoms with Gasteiger partial charge >= 0.3 is 0 Å². The van der Waals surface area contributed by atoms with Crippen LogP contribution in [0.25, 0.3) is 10.8 Å². The second-order valence-corrected chi connectivity index (χ2v) is 8.51. The van der Waals surface area contributed by atoms with Gasteiger partial charge in [-0.15, -0.1) is 0 Å². The summed E-state index contributed by atoms with van der Waals surface area (Å²) in [6.45, 7) is 5.84. The highest BCUT2D eigenvalue weighted by Crippen LogP contribution is 2.29. The molecule has 0 unspecified atom stereocenters. The number of aromatic nitrogens is 1. The van der Waals surface area contributed by atoms with Crippen molar-refractivity contribution in [2.45, 2.75) is 33.8 Å². The number of nitrogens with one attached hydrogen (secondary N) is 1. The first-order valence-electron chi connectivity index (χ1n) is 11.6. The normalized spacial score (nSPS) is 10.9. The van der Waals surface area contributed by atoms with Crippen molar-refractivity contribution in [1.82, 2.24) is 10.1 Å². The van der Waals surface area contributed by atoms with Crippen LogP contribution in [0.4, 0.5) is 5.69 Å².